The lowest BCUT2D eigenvalue weighted by atomic mass is 9.98. The van der Waals surface area contributed by atoms with Gasteiger partial charge in [0.05, 0.1) is 39.3 Å². The van der Waals surface area contributed by atoms with Gasteiger partial charge in [-0.1, -0.05) is 35.3 Å². The topological polar surface area (TPSA) is 539 Å². The SMILES string of the molecule is CO[C@@H]1[C@H](P(=O)(O)OC[C@H]2O[C@@H](n3ccc(=O)[nH]c3=O)[C@H](O)[C@@H]2O)[C@@H](COP(=O)(O)OP(=O)(O)OP(=O)(O)OC[C@H]2O[C@@H]([n+]3cn(C)c4c(=O)[nH]c(N)nc43)[C@H](O)[C@@H]2CNC(=O)NCc2ccccc2)O[C@H]1n1cnc2c(N)ncnc21. The van der Waals surface area contributed by atoms with Crippen LogP contribution in [0.5, 0.6) is 0 Å². The van der Waals surface area contributed by atoms with E-state index in [1.807, 2.05) is 4.98 Å². The number of nitrogens with two attached hydrogens (primary N) is 2. The maximum absolute atomic E-state index is 14.4. The van der Waals surface area contributed by atoms with E-state index in [4.69, 9.17) is 44.0 Å². The van der Waals surface area contributed by atoms with E-state index < -0.39 is 153 Å². The molecule has 9 rings (SSSR count). The van der Waals surface area contributed by atoms with Crippen LogP contribution in [0.1, 0.15) is 24.2 Å². The first-order valence-corrected chi connectivity index (χ1v) is 30.1. The number of H-pyrrole nitrogens is 2. The van der Waals surface area contributed by atoms with Gasteiger partial charge >= 0.3 is 48.4 Å². The molecule has 6 aromatic rings. The summed E-state index contributed by atoms with van der Waals surface area (Å²) in [6, 6.07) is 8.97. The molecule has 0 aliphatic carbocycles. The first-order chi connectivity index (χ1) is 38.7. The van der Waals surface area contributed by atoms with Crippen LogP contribution in [0, 0.1) is 5.92 Å². The van der Waals surface area contributed by atoms with Gasteiger partial charge in [-0.2, -0.15) is 8.62 Å². The highest BCUT2D eigenvalue weighted by Gasteiger charge is 2.58. The Morgan fingerprint density at radius 1 is 0.793 bits per heavy atom. The number of hydrogen-bond donors (Lipinski definition) is 13. The number of aromatic nitrogens is 10. The lowest BCUT2D eigenvalue weighted by Gasteiger charge is -2.28. The van der Waals surface area contributed by atoms with Gasteiger partial charge in [0, 0.05) is 38.4 Å². The summed E-state index contributed by atoms with van der Waals surface area (Å²) in [5.41, 5.74) is 7.89. The van der Waals surface area contributed by atoms with Gasteiger partial charge in [-0.3, -0.25) is 46.9 Å². The van der Waals surface area contributed by atoms with Crippen LogP contribution in [0.3, 0.4) is 0 Å². The Bertz CT molecular complexity index is 3720. The average molecular weight is 1240 g/mol. The molecule has 3 fully saturated rings. The number of aliphatic hydroxyl groups is 3. The number of anilines is 2. The van der Waals surface area contributed by atoms with Gasteiger partial charge in [-0.15, -0.1) is 0 Å². The standard InChI is InChI=1S/C40H52N14O24P4/c1-51-17-54(33-25(51)34(59)50-38(42)49-33)35-26(56)19(11-44-39(60)43-10-18-6-4-3-5-7-18)20(74-35)12-72-80(64,65)77-82(68,69)78-81(66,67)73-14-22-30(29(70-2)37(76-22)53-16-47-24-31(41)45-15-46-32(24)53)79(62,63)71-13-21-27(57)28(58)36(75-21)52-9-8-23(55)48-40(52)61/h3-9,15-17,19-22,26-30,35-37,56-58H,10-14H2,1-2H3,(H11-,41,42,43,44,45,46,48,49,50,55,59,60,61,62,63,64,65,66,67,68,69)/p+1/t19-,20-,21-,22-,26-,27-,28-,29-,30-,35-,36-,37-/m1/s1. The number of ether oxygens (including phenoxy) is 4. The number of rotatable bonds is 22. The van der Waals surface area contributed by atoms with Crippen LogP contribution in [0.25, 0.3) is 22.3 Å². The van der Waals surface area contributed by atoms with Crippen molar-refractivity contribution in [3.05, 3.63) is 98.3 Å². The number of nitrogens with one attached hydrogen (secondary N) is 4. The zero-order valence-electron chi connectivity index (χ0n) is 42.3. The molecule has 4 unspecified atom stereocenters. The molecule has 16 atom stereocenters. The van der Waals surface area contributed by atoms with Gasteiger partial charge < -0.3 is 80.5 Å². The number of phosphoric acid groups is 3. The summed E-state index contributed by atoms with van der Waals surface area (Å²) in [5.74, 6) is -1.65. The van der Waals surface area contributed by atoms with Gasteiger partial charge in [-0.05, 0) is 5.56 Å². The molecule has 0 spiro atoms. The fourth-order valence-electron chi connectivity index (χ4n) is 9.38. The van der Waals surface area contributed by atoms with Crippen LogP contribution < -0.4 is 43.5 Å². The zero-order chi connectivity index (χ0) is 59.2. The molecule has 42 heteroatoms. The number of nitrogen functional groups attached to an aromatic ring is 2. The lowest BCUT2D eigenvalue weighted by Crippen LogP contribution is -2.47. The van der Waals surface area contributed by atoms with Gasteiger partial charge in [0.25, 0.3) is 17.1 Å². The van der Waals surface area contributed by atoms with Crippen molar-refractivity contribution in [2.24, 2.45) is 13.0 Å². The monoisotopic (exact) mass is 1240 g/mol. The third-order valence-corrected chi connectivity index (χ3v) is 19.3. The van der Waals surface area contributed by atoms with E-state index in [1.165, 1.54) is 27.1 Å². The first kappa shape index (κ1) is 60.5. The number of carbonyl (C=O) groups is 1. The van der Waals surface area contributed by atoms with Crippen molar-refractivity contribution in [1.29, 1.82) is 0 Å². The second-order valence-electron chi connectivity index (χ2n) is 18.4. The molecule has 38 nitrogen and oxygen atoms in total. The van der Waals surface area contributed by atoms with E-state index in [0.717, 1.165) is 42.2 Å². The summed E-state index contributed by atoms with van der Waals surface area (Å²) in [7, 11) is -21.0. The number of aryl methyl sites for hydroxylation is 1. The Balaban J connectivity index is 0.886. The number of amides is 2. The summed E-state index contributed by atoms with van der Waals surface area (Å²) in [5, 5.41) is 38.4. The van der Waals surface area contributed by atoms with Crippen molar-refractivity contribution in [3.63, 3.8) is 0 Å². The van der Waals surface area contributed by atoms with Gasteiger partial charge in [0.1, 0.15) is 54.1 Å². The van der Waals surface area contributed by atoms with E-state index >= 15 is 0 Å². The van der Waals surface area contributed by atoms with Crippen molar-refractivity contribution in [2.75, 3.05) is 44.9 Å². The van der Waals surface area contributed by atoms with Crippen LogP contribution in [-0.4, -0.2) is 166 Å². The van der Waals surface area contributed by atoms with E-state index in [1.54, 1.807) is 30.3 Å². The number of hydrogen-bond acceptors (Lipinski definition) is 26. The Morgan fingerprint density at radius 2 is 1.46 bits per heavy atom. The highest BCUT2D eigenvalue weighted by atomic mass is 31.3. The predicted octanol–water partition coefficient (Wildman–Crippen LogP) is -3.05. The Labute approximate surface area is 457 Å². The minimum absolute atomic E-state index is 0.0157. The number of benzene rings is 1. The maximum Gasteiger partial charge on any atom is 0.490 e. The molecule has 1 aromatic carbocycles. The van der Waals surface area contributed by atoms with E-state index in [-0.39, 0.29) is 40.6 Å². The number of carbonyl (C=O) groups excluding carboxylic acids is 1. The van der Waals surface area contributed by atoms with Gasteiger partial charge in [0.2, 0.25) is 11.7 Å². The van der Waals surface area contributed by atoms with Crippen LogP contribution in [-0.2, 0) is 73.0 Å². The highest BCUT2D eigenvalue weighted by molar-refractivity contribution is 7.66. The maximum atomic E-state index is 14.4. The summed E-state index contributed by atoms with van der Waals surface area (Å²) in [4.78, 5) is 114. The number of aromatic amines is 2. The molecular weight excluding hydrogens is 1180 g/mol. The second-order valence-corrected chi connectivity index (χ2v) is 25.1. The number of imidazole rings is 2. The molecule has 446 valence electrons. The highest BCUT2D eigenvalue weighted by Crippen LogP contribution is 2.68. The minimum atomic E-state index is -6.28. The third kappa shape index (κ3) is 13.0. The van der Waals surface area contributed by atoms with Crippen molar-refractivity contribution in [2.45, 2.75) is 73.6 Å². The number of phosphoric ester groups is 2. The normalized spacial score (nSPS) is 28.6. The smallest absolute Gasteiger partial charge is 0.387 e. The Hall–Kier alpha value is -6.05. The lowest BCUT2D eigenvalue weighted by molar-refractivity contribution is -0.745. The molecule has 3 saturated heterocycles. The quantitative estimate of drug-likeness (QED) is 0.0237. The summed E-state index contributed by atoms with van der Waals surface area (Å²) < 4.78 is 106. The Kier molecular flexibility index (Phi) is 17.6. The van der Waals surface area contributed by atoms with Crippen LogP contribution in [0.15, 0.2) is 76.0 Å². The van der Waals surface area contributed by atoms with Gasteiger partial charge in [0.15, 0.2) is 30.2 Å². The molecule has 0 saturated carbocycles. The van der Waals surface area contributed by atoms with Crippen LogP contribution in [0.4, 0.5) is 16.6 Å². The first-order valence-electron chi connectivity index (χ1n) is 23.9. The van der Waals surface area contributed by atoms with E-state index in [2.05, 4.69) is 44.2 Å². The van der Waals surface area contributed by atoms with E-state index in [0.29, 0.717) is 0 Å². The number of nitrogens with zero attached hydrogens (tertiary/aromatic N) is 8. The predicted molar refractivity (Wildman–Crippen MR) is 271 cm³/mol. The van der Waals surface area contributed by atoms with E-state index in [9.17, 15) is 72.3 Å². The summed E-state index contributed by atoms with van der Waals surface area (Å²) in [6.45, 7) is -3.74. The molecule has 15 N–H and O–H groups in total. The molecule has 82 heavy (non-hydrogen) atoms. The molecular formula is C40H53N14O24P4+. The van der Waals surface area contributed by atoms with Crippen LogP contribution in [0.2, 0.25) is 0 Å². The van der Waals surface area contributed by atoms with Crippen molar-refractivity contribution in [1.82, 2.24) is 54.2 Å². The van der Waals surface area contributed by atoms with Crippen molar-refractivity contribution in [3.8, 4) is 0 Å². The molecule has 0 bridgehead atoms. The average Bonchev–Trinajstić information content (AvgIpc) is 3.70. The largest absolute Gasteiger partial charge is 0.490 e. The molecule has 0 radical (unpaired) electrons. The zero-order valence-corrected chi connectivity index (χ0v) is 45.9. The number of urea groups is 1. The van der Waals surface area contributed by atoms with Gasteiger partial charge in [-0.25, -0.2) is 42.8 Å². The third-order valence-electron chi connectivity index (χ3n) is 13.1. The molecule has 3 aliphatic heterocycles. The second kappa shape index (κ2) is 23.9. The van der Waals surface area contributed by atoms with Crippen molar-refractivity contribution >= 4 is 71.2 Å². The number of fused-ring (bicyclic) bond motifs is 2. The summed E-state index contributed by atoms with van der Waals surface area (Å²) >= 11 is 0. The molecule has 5 aromatic heterocycles. The number of methoxy groups -OCH3 is 1. The molecule has 2 amide bonds. The van der Waals surface area contributed by atoms with Crippen LogP contribution >= 0.6 is 31.1 Å². The van der Waals surface area contributed by atoms with Crippen molar-refractivity contribution < 1.29 is 104 Å². The number of aliphatic hydroxyl groups excluding tert-OH is 3. The summed E-state index contributed by atoms with van der Waals surface area (Å²) in [6.07, 6.45) is -12.3. The Morgan fingerprint density at radius 3 is 2.15 bits per heavy atom. The molecule has 8 heterocycles. The minimum Gasteiger partial charge on any atom is -0.387 e. The fraction of sp³-hybridized carbons (Fsp3) is 0.475. The molecule has 3 aliphatic rings. The fourth-order valence-corrected chi connectivity index (χ4v) is 14.7.